The molecule has 2 aromatic heterocycles. The van der Waals surface area contributed by atoms with Crippen LogP contribution in [0.25, 0.3) is 11.1 Å². The van der Waals surface area contributed by atoms with Crippen molar-refractivity contribution in [1.29, 1.82) is 0 Å². The molecule has 1 aliphatic rings. The van der Waals surface area contributed by atoms with Crippen LogP contribution in [0.5, 0.6) is 0 Å². The lowest BCUT2D eigenvalue weighted by molar-refractivity contribution is 0.0697. The predicted molar refractivity (Wildman–Crippen MR) is 125 cm³/mol. The minimum Gasteiger partial charge on any atom is -0.478 e. The Hall–Kier alpha value is -3.35. The van der Waals surface area contributed by atoms with Gasteiger partial charge in [-0.1, -0.05) is 63.3 Å². The van der Waals surface area contributed by atoms with Crippen molar-refractivity contribution in [2.75, 3.05) is 0 Å². The molecule has 1 aromatic carbocycles. The average molecular weight is 447 g/mol. The molecule has 0 bridgehead atoms. The van der Waals surface area contributed by atoms with Crippen molar-refractivity contribution in [1.82, 2.24) is 19.7 Å². The number of Topliss-reactive ketones (excluding diaryl/α,β-unsaturated/α-hetero) is 1. The van der Waals surface area contributed by atoms with Gasteiger partial charge in [-0.05, 0) is 29.5 Å². The highest BCUT2D eigenvalue weighted by atomic mass is 16.4. The van der Waals surface area contributed by atoms with Gasteiger partial charge in [-0.15, -0.1) is 5.10 Å². The Morgan fingerprint density at radius 1 is 1.09 bits per heavy atom. The molecule has 1 aliphatic carbocycles. The molecule has 0 atom stereocenters. The molecule has 7 nitrogen and oxygen atoms in total. The zero-order valence-corrected chi connectivity index (χ0v) is 19.0. The van der Waals surface area contributed by atoms with Crippen LogP contribution in [0.3, 0.4) is 0 Å². The third-order valence-electron chi connectivity index (χ3n) is 6.31. The second-order valence-electron chi connectivity index (χ2n) is 8.81. The lowest BCUT2D eigenvalue weighted by Gasteiger charge is -2.19. The number of nitrogens with zero attached hydrogens (tertiary/aromatic N) is 4. The highest BCUT2D eigenvalue weighted by molar-refractivity contribution is 5.95. The molecule has 0 saturated heterocycles. The van der Waals surface area contributed by atoms with Crippen molar-refractivity contribution in [2.24, 2.45) is 5.92 Å². The number of rotatable bonds is 9. The smallest absolute Gasteiger partial charge is 0.336 e. The van der Waals surface area contributed by atoms with E-state index in [-0.39, 0.29) is 11.3 Å². The molecule has 0 radical (unpaired) electrons. The van der Waals surface area contributed by atoms with E-state index in [0.717, 1.165) is 42.8 Å². The van der Waals surface area contributed by atoms with Crippen LogP contribution in [-0.2, 0) is 13.0 Å². The summed E-state index contributed by atoms with van der Waals surface area (Å²) in [5.74, 6) is 0.649. The molecule has 0 aliphatic heterocycles. The standard InChI is InChI=1S/C26H30N4O3/c1-2-14-30-24(28-25(29-30)23(31)15-18-6-4-3-5-7-18)16-19-8-10-20(11-9-19)22-17-27-13-12-21(22)26(32)33/h8-13,17-18H,2-7,14-16H2,1H3,(H,32,33). The summed E-state index contributed by atoms with van der Waals surface area (Å²) >= 11 is 0. The second-order valence-corrected chi connectivity index (χ2v) is 8.81. The fourth-order valence-corrected chi connectivity index (χ4v) is 4.55. The number of carbonyl (C=O) groups excluding carboxylic acids is 1. The van der Waals surface area contributed by atoms with Crippen LogP contribution in [-0.4, -0.2) is 36.6 Å². The van der Waals surface area contributed by atoms with Crippen LogP contribution in [0.1, 0.15) is 84.2 Å². The fraction of sp³-hybridized carbons (Fsp3) is 0.423. The number of carbonyl (C=O) groups is 2. The first kappa shape index (κ1) is 22.8. The lowest BCUT2D eigenvalue weighted by Crippen LogP contribution is -2.13. The predicted octanol–water partition coefficient (Wildman–Crippen LogP) is 5.19. The summed E-state index contributed by atoms with van der Waals surface area (Å²) in [7, 11) is 0. The maximum absolute atomic E-state index is 12.8. The van der Waals surface area contributed by atoms with E-state index in [2.05, 4.69) is 22.0 Å². The number of benzene rings is 1. The Morgan fingerprint density at radius 2 is 1.85 bits per heavy atom. The van der Waals surface area contributed by atoms with E-state index in [1.807, 2.05) is 28.9 Å². The Kier molecular flexibility index (Phi) is 7.27. The lowest BCUT2D eigenvalue weighted by atomic mass is 9.86. The molecule has 4 rings (SSSR count). The minimum absolute atomic E-state index is 0.0473. The van der Waals surface area contributed by atoms with Gasteiger partial charge in [0.1, 0.15) is 5.82 Å². The van der Waals surface area contributed by atoms with Gasteiger partial charge in [-0.25, -0.2) is 14.5 Å². The summed E-state index contributed by atoms with van der Waals surface area (Å²) < 4.78 is 1.85. The topological polar surface area (TPSA) is 98.0 Å². The molecule has 172 valence electrons. The zero-order valence-electron chi connectivity index (χ0n) is 19.0. The largest absolute Gasteiger partial charge is 0.478 e. The van der Waals surface area contributed by atoms with E-state index in [0.29, 0.717) is 30.1 Å². The molecule has 1 saturated carbocycles. The molecule has 1 fully saturated rings. The van der Waals surface area contributed by atoms with Crippen molar-refractivity contribution < 1.29 is 14.7 Å². The van der Waals surface area contributed by atoms with Crippen LogP contribution in [0.4, 0.5) is 0 Å². The Labute approximate surface area is 193 Å². The molecule has 1 N–H and O–H groups in total. The monoisotopic (exact) mass is 446 g/mol. The van der Waals surface area contributed by atoms with E-state index in [1.54, 1.807) is 6.20 Å². The number of ketones is 1. The summed E-state index contributed by atoms with van der Waals surface area (Å²) in [5.41, 5.74) is 2.63. The summed E-state index contributed by atoms with van der Waals surface area (Å²) in [5, 5.41) is 14.0. The molecule has 33 heavy (non-hydrogen) atoms. The quantitative estimate of drug-likeness (QED) is 0.454. The highest BCUT2D eigenvalue weighted by Gasteiger charge is 2.22. The minimum atomic E-state index is -0.977. The number of carboxylic acid groups (broad SMARTS) is 1. The zero-order chi connectivity index (χ0) is 23.2. The first-order valence-corrected chi connectivity index (χ1v) is 11.8. The van der Waals surface area contributed by atoms with Crippen molar-refractivity contribution in [3.05, 3.63) is 65.5 Å². The summed E-state index contributed by atoms with van der Waals surface area (Å²) in [6.07, 6.45) is 11.0. The van der Waals surface area contributed by atoms with Crippen LogP contribution < -0.4 is 0 Å². The van der Waals surface area contributed by atoms with E-state index in [4.69, 9.17) is 0 Å². The second kappa shape index (κ2) is 10.5. The summed E-state index contributed by atoms with van der Waals surface area (Å²) in [6, 6.07) is 9.22. The van der Waals surface area contributed by atoms with Crippen molar-refractivity contribution >= 4 is 11.8 Å². The molecular formula is C26H30N4O3. The third-order valence-corrected chi connectivity index (χ3v) is 6.31. The van der Waals surface area contributed by atoms with Gasteiger partial charge in [0.25, 0.3) is 0 Å². The normalized spacial score (nSPS) is 14.3. The van der Waals surface area contributed by atoms with Gasteiger partial charge < -0.3 is 5.11 Å². The number of aromatic nitrogens is 4. The van der Waals surface area contributed by atoms with Crippen molar-refractivity contribution in [2.45, 2.75) is 64.8 Å². The molecule has 0 amide bonds. The van der Waals surface area contributed by atoms with Crippen LogP contribution in [0.15, 0.2) is 42.7 Å². The maximum atomic E-state index is 12.8. The van der Waals surface area contributed by atoms with Crippen LogP contribution >= 0.6 is 0 Å². The van der Waals surface area contributed by atoms with Gasteiger partial charge in [0.05, 0.1) is 5.56 Å². The number of carboxylic acids is 1. The van der Waals surface area contributed by atoms with E-state index >= 15 is 0 Å². The Balaban J connectivity index is 1.51. The van der Waals surface area contributed by atoms with Gasteiger partial charge in [-0.3, -0.25) is 9.78 Å². The summed E-state index contributed by atoms with van der Waals surface area (Å²) in [6.45, 7) is 2.80. The van der Waals surface area contributed by atoms with Gasteiger partial charge >= 0.3 is 5.97 Å². The number of aromatic carboxylic acids is 1. The van der Waals surface area contributed by atoms with Crippen LogP contribution in [0, 0.1) is 5.92 Å². The SMILES string of the molecule is CCCn1nc(C(=O)CC2CCCCC2)nc1Cc1ccc(-c2cnccc2C(=O)O)cc1. The van der Waals surface area contributed by atoms with E-state index in [1.165, 1.54) is 31.5 Å². The van der Waals surface area contributed by atoms with Gasteiger partial charge in [0.15, 0.2) is 0 Å². The van der Waals surface area contributed by atoms with Gasteiger partial charge in [0.2, 0.25) is 11.6 Å². The maximum Gasteiger partial charge on any atom is 0.336 e. The third kappa shape index (κ3) is 5.53. The molecule has 0 spiro atoms. The highest BCUT2D eigenvalue weighted by Crippen LogP contribution is 2.27. The number of hydrogen-bond acceptors (Lipinski definition) is 5. The van der Waals surface area contributed by atoms with Crippen LogP contribution in [0.2, 0.25) is 0 Å². The van der Waals surface area contributed by atoms with E-state index < -0.39 is 5.97 Å². The first-order valence-electron chi connectivity index (χ1n) is 11.8. The molecular weight excluding hydrogens is 416 g/mol. The van der Waals surface area contributed by atoms with Gasteiger partial charge in [-0.2, -0.15) is 0 Å². The van der Waals surface area contributed by atoms with E-state index in [9.17, 15) is 14.7 Å². The number of hydrogen-bond donors (Lipinski definition) is 1. The van der Waals surface area contributed by atoms with Gasteiger partial charge in [0, 0.05) is 37.3 Å². The summed E-state index contributed by atoms with van der Waals surface area (Å²) in [4.78, 5) is 33.0. The number of pyridine rings is 1. The molecule has 2 heterocycles. The first-order chi connectivity index (χ1) is 16.0. The average Bonchev–Trinajstić information content (AvgIpc) is 3.23. The Bertz CT molecular complexity index is 1110. The fourth-order valence-electron chi connectivity index (χ4n) is 4.55. The Morgan fingerprint density at radius 3 is 2.55 bits per heavy atom. The molecule has 0 unspecified atom stereocenters. The molecule has 3 aromatic rings. The molecule has 7 heteroatoms. The number of aryl methyl sites for hydroxylation is 1. The van der Waals surface area contributed by atoms with Crippen molar-refractivity contribution in [3.8, 4) is 11.1 Å². The van der Waals surface area contributed by atoms with Crippen molar-refractivity contribution in [3.63, 3.8) is 0 Å².